The zero-order valence-corrected chi connectivity index (χ0v) is 11.4. The summed E-state index contributed by atoms with van der Waals surface area (Å²) < 4.78 is 6.49. The Labute approximate surface area is 116 Å². The summed E-state index contributed by atoms with van der Waals surface area (Å²) in [6.45, 7) is 1.77. The van der Waals surface area contributed by atoms with Crippen LogP contribution in [0.25, 0.3) is 0 Å². The van der Waals surface area contributed by atoms with Crippen LogP contribution in [-0.4, -0.2) is 25.8 Å². The molecule has 0 amide bonds. The molecule has 1 atom stereocenters. The predicted octanol–water partition coefficient (Wildman–Crippen LogP) is 0.613. The van der Waals surface area contributed by atoms with Gasteiger partial charge in [-0.05, 0) is 19.1 Å². The van der Waals surface area contributed by atoms with E-state index in [9.17, 15) is 14.4 Å². The van der Waals surface area contributed by atoms with Gasteiger partial charge in [0.2, 0.25) is 5.76 Å². The molecule has 20 heavy (non-hydrogen) atoms. The first kappa shape index (κ1) is 14.1. The Bertz CT molecular complexity index is 760. The van der Waals surface area contributed by atoms with Gasteiger partial charge in [0.15, 0.2) is 5.16 Å². The molecule has 2 aromatic heterocycles. The summed E-state index contributed by atoms with van der Waals surface area (Å²) in [6.07, 6.45) is 0. The molecule has 0 radical (unpaired) electrons. The smallest absolute Gasteiger partial charge is 0.371 e. The largest absolute Gasteiger partial charge is 0.475 e. The minimum absolute atomic E-state index is 0.157. The molecule has 2 heterocycles. The first-order valence-electron chi connectivity index (χ1n) is 5.55. The third-order valence-electron chi connectivity index (χ3n) is 2.47. The molecule has 0 bridgehead atoms. The van der Waals surface area contributed by atoms with Crippen LogP contribution >= 0.6 is 11.8 Å². The van der Waals surface area contributed by atoms with E-state index < -0.39 is 17.1 Å². The van der Waals surface area contributed by atoms with Crippen molar-refractivity contribution in [3.05, 3.63) is 44.4 Å². The van der Waals surface area contributed by atoms with E-state index in [-0.39, 0.29) is 11.0 Å². The SMILES string of the molecule is CC(Sc1nc(=O)c(=O)[nH]n1C)c1ccc(C(=O)O)o1. The molecule has 0 saturated heterocycles. The summed E-state index contributed by atoms with van der Waals surface area (Å²) in [5.41, 5.74) is -1.67. The van der Waals surface area contributed by atoms with Crippen LogP contribution in [0.5, 0.6) is 0 Å². The first-order chi connectivity index (χ1) is 9.38. The average Bonchev–Trinajstić information content (AvgIpc) is 2.85. The van der Waals surface area contributed by atoms with Crippen LogP contribution in [0.1, 0.15) is 28.5 Å². The second-order valence-electron chi connectivity index (χ2n) is 3.97. The maximum Gasteiger partial charge on any atom is 0.371 e. The number of aryl methyl sites for hydroxylation is 1. The van der Waals surface area contributed by atoms with Gasteiger partial charge in [0, 0.05) is 7.05 Å². The summed E-state index contributed by atoms with van der Waals surface area (Å²) in [5, 5.41) is 11.1. The van der Waals surface area contributed by atoms with Crippen LogP contribution in [0, 0.1) is 0 Å². The molecule has 2 aromatic rings. The van der Waals surface area contributed by atoms with Gasteiger partial charge >= 0.3 is 17.1 Å². The molecule has 2 rings (SSSR count). The predicted molar refractivity (Wildman–Crippen MR) is 70.0 cm³/mol. The van der Waals surface area contributed by atoms with E-state index in [4.69, 9.17) is 9.52 Å². The number of H-pyrrole nitrogens is 1. The standard InChI is InChI=1S/C11H11N3O5S/c1-5(6-3-4-7(19-6)10(17)18)20-11-12-8(15)9(16)13-14(11)2/h3-5H,1-2H3,(H,13,16)(H,17,18). The quantitative estimate of drug-likeness (QED) is 0.627. The molecule has 0 fully saturated rings. The number of nitrogens with one attached hydrogen (secondary N) is 1. The Morgan fingerprint density at radius 2 is 2.20 bits per heavy atom. The highest BCUT2D eigenvalue weighted by atomic mass is 32.2. The highest BCUT2D eigenvalue weighted by Gasteiger charge is 2.17. The van der Waals surface area contributed by atoms with Crippen LogP contribution in [0.3, 0.4) is 0 Å². The number of aromatic amines is 1. The number of aromatic carboxylic acids is 1. The van der Waals surface area contributed by atoms with Gasteiger partial charge in [0.25, 0.3) is 0 Å². The van der Waals surface area contributed by atoms with E-state index in [0.29, 0.717) is 10.9 Å². The number of thioether (sulfide) groups is 1. The van der Waals surface area contributed by atoms with Crippen LogP contribution in [0.15, 0.2) is 31.3 Å². The molecule has 0 aliphatic carbocycles. The molecular formula is C11H11N3O5S. The van der Waals surface area contributed by atoms with Gasteiger partial charge in [-0.3, -0.25) is 19.4 Å². The third kappa shape index (κ3) is 2.82. The summed E-state index contributed by atoms with van der Waals surface area (Å²) in [4.78, 5) is 36.7. The van der Waals surface area contributed by atoms with E-state index in [1.165, 1.54) is 22.5 Å². The number of furan rings is 1. The van der Waals surface area contributed by atoms with E-state index in [2.05, 4.69) is 10.1 Å². The van der Waals surface area contributed by atoms with Crippen molar-refractivity contribution in [2.45, 2.75) is 17.3 Å². The zero-order valence-electron chi connectivity index (χ0n) is 10.6. The van der Waals surface area contributed by atoms with Gasteiger partial charge in [0.1, 0.15) is 5.76 Å². The van der Waals surface area contributed by atoms with E-state index in [0.717, 1.165) is 0 Å². The lowest BCUT2D eigenvalue weighted by Gasteiger charge is -2.10. The number of carbonyl (C=O) groups is 1. The number of hydrogen-bond acceptors (Lipinski definition) is 6. The lowest BCUT2D eigenvalue weighted by atomic mass is 10.3. The Balaban J connectivity index is 2.25. The number of hydrogen-bond donors (Lipinski definition) is 2. The molecule has 0 aliphatic heterocycles. The molecule has 9 heteroatoms. The average molecular weight is 297 g/mol. The molecule has 1 unspecified atom stereocenters. The fourth-order valence-electron chi connectivity index (χ4n) is 1.47. The van der Waals surface area contributed by atoms with Crippen molar-refractivity contribution >= 4 is 17.7 Å². The van der Waals surface area contributed by atoms with Crippen molar-refractivity contribution in [2.75, 3.05) is 0 Å². The van der Waals surface area contributed by atoms with Gasteiger partial charge in [-0.25, -0.2) is 4.79 Å². The highest BCUT2D eigenvalue weighted by molar-refractivity contribution is 7.99. The van der Waals surface area contributed by atoms with Crippen LogP contribution < -0.4 is 11.1 Å². The van der Waals surface area contributed by atoms with Crippen molar-refractivity contribution in [3.63, 3.8) is 0 Å². The molecule has 8 nitrogen and oxygen atoms in total. The van der Waals surface area contributed by atoms with Crippen LogP contribution in [-0.2, 0) is 7.05 Å². The van der Waals surface area contributed by atoms with Crippen LogP contribution in [0.4, 0.5) is 0 Å². The van der Waals surface area contributed by atoms with Crippen molar-refractivity contribution in [1.82, 2.24) is 14.8 Å². The van der Waals surface area contributed by atoms with Gasteiger partial charge in [-0.2, -0.15) is 4.98 Å². The number of rotatable bonds is 4. The number of carboxylic acid groups (broad SMARTS) is 1. The molecular weight excluding hydrogens is 286 g/mol. The van der Waals surface area contributed by atoms with Crippen molar-refractivity contribution in [2.24, 2.45) is 7.05 Å². The maximum atomic E-state index is 11.2. The summed E-state index contributed by atoms with van der Waals surface area (Å²) in [5.74, 6) is -0.869. The summed E-state index contributed by atoms with van der Waals surface area (Å²) in [7, 11) is 1.55. The minimum Gasteiger partial charge on any atom is -0.475 e. The maximum absolute atomic E-state index is 11.2. The molecule has 0 aromatic carbocycles. The van der Waals surface area contributed by atoms with Crippen LogP contribution in [0.2, 0.25) is 0 Å². The van der Waals surface area contributed by atoms with E-state index >= 15 is 0 Å². The second-order valence-corrected chi connectivity index (χ2v) is 5.27. The van der Waals surface area contributed by atoms with Gasteiger partial charge < -0.3 is 9.52 Å². The Morgan fingerprint density at radius 1 is 1.50 bits per heavy atom. The fraction of sp³-hybridized carbons (Fsp3) is 0.273. The Hall–Kier alpha value is -2.29. The fourth-order valence-corrected chi connectivity index (χ4v) is 2.37. The topological polar surface area (TPSA) is 118 Å². The second kappa shape index (κ2) is 5.37. The lowest BCUT2D eigenvalue weighted by molar-refractivity contribution is 0.0660. The molecule has 0 spiro atoms. The lowest BCUT2D eigenvalue weighted by Crippen LogP contribution is -2.33. The van der Waals surface area contributed by atoms with Crippen molar-refractivity contribution < 1.29 is 14.3 Å². The van der Waals surface area contributed by atoms with Crippen molar-refractivity contribution in [3.8, 4) is 0 Å². The van der Waals surface area contributed by atoms with E-state index in [1.807, 2.05) is 0 Å². The molecule has 2 N–H and O–H groups in total. The van der Waals surface area contributed by atoms with E-state index in [1.54, 1.807) is 20.0 Å². The highest BCUT2D eigenvalue weighted by Crippen LogP contribution is 2.33. The number of aromatic nitrogens is 3. The number of carboxylic acids is 1. The van der Waals surface area contributed by atoms with Gasteiger partial charge in [0.05, 0.1) is 5.25 Å². The summed E-state index contributed by atoms with van der Waals surface area (Å²) >= 11 is 1.17. The Morgan fingerprint density at radius 3 is 2.80 bits per heavy atom. The Kier molecular flexibility index (Phi) is 3.79. The van der Waals surface area contributed by atoms with Gasteiger partial charge in [-0.1, -0.05) is 11.8 Å². The normalized spacial score (nSPS) is 12.3. The third-order valence-corrected chi connectivity index (χ3v) is 3.63. The molecule has 106 valence electrons. The zero-order chi connectivity index (χ0) is 14.9. The first-order valence-corrected chi connectivity index (χ1v) is 6.43. The number of nitrogens with zero attached hydrogens (tertiary/aromatic N) is 2. The molecule has 0 saturated carbocycles. The minimum atomic E-state index is -1.15. The van der Waals surface area contributed by atoms with Gasteiger partial charge in [-0.15, -0.1) is 0 Å². The molecule has 0 aliphatic rings. The summed E-state index contributed by atoms with van der Waals surface area (Å²) in [6, 6.07) is 2.90. The van der Waals surface area contributed by atoms with Crippen molar-refractivity contribution in [1.29, 1.82) is 0 Å². The monoisotopic (exact) mass is 297 g/mol.